The number of carboxylic acid groups (broad SMARTS) is 1. The number of aliphatic hydroxyl groups is 1. The smallest absolute Gasteiger partial charge is 0.325 e. The molecule has 5 nitrogen and oxygen atoms in total. The molecular weight excluding hydrogens is 349 g/mol. The maximum absolute atomic E-state index is 13.1. The predicted molar refractivity (Wildman–Crippen MR) is 99.0 cm³/mol. The Morgan fingerprint density at radius 3 is 2.41 bits per heavy atom. The monoisotopic (exact) mass is 373 g/mol. The fraction of sp³-hybridized carbons (Fsp3) is 0.381. The molecule has 0 aliphatic carbocycles. The van der Waals surface area contributed by atoms with Crippen LogP contribution in [0.2, 0.25) is 0 Å². The van der Waals surface area contributed by atoms with Crippen LogP contribution in [0.4, 0.5) is 4.39 Å². The Labute approximate surface area is 158 Å². The van der Waals surface area contributed by atoms with Crippen molar-refractivity contribution in [3.8, 4) is 5.75 Å². The number of rotatable bonds is 6. The number of benzene rings is 2. The first-order valence-electron chi connectivity index (χ1n) is 9.04. The zero-order chi connectivity index (χ0) is 19.4. The van der Waals surface area contributed by atoms with Crippen LogP contribution in [-0.2, 0) is 4.79 Å². The third-order valence-electron chi connectivity index (χ3n) is 5.24. The molecule has 1 aliphatic heterocycles. The summed E-state index contributed by atoms with van der Waals surface area (Å²) in [6, 6.07) is 12.3. The van der Waals surface area contributed by atoms with Crippen LogP contribution in [0, 0.1) is 11.7 Å². The average Bonchev–Trinajstić information content (AvgIpc) is 2.68. The second kappa shape index (κ2) is 8.50. The van der Waals surface area contributed by atoms with Crippen molar-refractivity contribution in [2.45, 2.75) is 25.0 Å². The predicted octanol–water partition coefficient (Wildman–Crippen LogP) is 3.41. The third-order valence-corrected chi connectivity index (χ3v) is 5.24. The largest absolute Gasteiger partial charge is 0.497 e. The number of methoxy groups -OCH3 is 1. The maximum atomic E-state index is 13.1. The van der Waals surface area contributed by atoms with Crippen LogP contribution >= 0.6 is 0 Å². The number of aliphatic hydroxyl groups excluding tert-OH is 1. The van der Waals surface area contributed by atoms with Gasteiger partial charge in [-0.05, 0) is 67.2 Å². The van der Waals surface area contributed by atoms with Crippen molar-refractivity contribution in [3.05, 3.63) is 65.5 Å². The summed E-state index contributed by atoms with van der Waals surface area (Å²) in [5.41, 5.74) is 1.37. The quantitative estimate of drug-likeness (QED) is 0.812. The van der Waals surface area contributed by atoms with Gasteiger partial charge in [0.25, 0.3) is 0 Å². The van der Waals surface area contributed by atoms with Gasteiger partial charge in [0, 0.05) is 0 Å². The minimum absolute atomic E-state index is 0.0199. The van der Waals surface area contributed by atoms with Gasteiger partial charge in [0.1, 0.15) is 17.6 Å². The highest BCUT2D eigenvalue weighted by Crippen LogP contribution is 2.34. The van der Waals surface area contributed by atoms with Gasteiger partial charge in [0.2, 0.25) is 0 Å². The zero-order valence-electron chi connectivity index (χ0n) is 15.2. The van der Waals surface area contributed by atoms with Crippen molar-refractivity contribution in [1.82, 2.24) is 4.90 Å². The lowest BCUT2D eigenvalue weighted by Gasteiger charge is -2.37. The van der Waals surface area contributed by atoms with E-state index in [1.165, 1.54) is 12.1 Å². The maximum Gasteiger partial charge on any atom is 0.325 e. The molecule has 27 heavy (non-hydrogen) atoms. The minimum atomic E-state index is -0.902. The van der Waals surface area contributed by atoms with E-state index in [2.05, 4.69) is 0 Å². The van der Waals surface area contributed by atoms with E-state index in [0.717, 1.165) is 0 Å². The van der Waals surface area contributed by atoms with E-state index in [-0.39, 0.29) is 11.7 Å². The van der Waals surface area contributed by atoms with Gasteiger partial charge in [0.15, 0.2) is 0 Å². The van der Waals surface area contributed by atoms with E-state index in [0.29, 0.717) is 42.8 Å². The summed E-state index contributed by atoms with van der Waals surface area (Å²) in [5.74, 6) is -0.587. The number of carbonyl (C=O) groups is 1. The highest BCUT2D eigenvalue weighted by molar-refractivity contribution is 5.75. The second-order valence-corrected chi connectivity index (χ2v) is 6.89. The molecule has 0 amide bonds. The molecule has 0 radical (unpaired) electrons. The lowest BCUT2D eigenvalue weighted by Crippen LogP contribution is -2.41. The second-order valence-electron chi connectivity index (χ2n) is 6.89. The van der Waals surface area contributed by atoms with Crippen molar-refractivity contribution >= 4 is 5.97 Å². The van der Waals surface area contributed by atoms with Gasteiger partial charge in [0.05, 0.1) is 13.2 Å². The summed E-state index contributed by atoms with van der Waals surface area (Å²) in [6.45, 7) is 1.13. The molecule has 1 aliphatic rings. The Morgan fingerprint density at radius 2 is 1.81 bits per heavy atom. The molecule has 0 saturated carbocycles. The number of ether oxygens (including phenoxy) is 1. The molecule has 144 valence electrons. The van der Waals surface area contributed by atoms with Crippen LogP contribution in [-0.4, -0.2) is 41.3 Å². The molecule has 1 saturated heterocycles. The normalized spacial score (nSPS) is 18.0. The molecule has 1 heterocycles. The standard InChI is InChI=1S/C21H24FNO4/c1-27-18-4-2-3-16(13-18)19(21(25)26)23-11-9-15(10-12-23)20(24)14-5-7-17(22)8-6-14/h2-8,13,15,19-20,24H,9-12H2,1H3,(H,25,26). The zero-order valence-corrected chi connectivity index (χ0v) is 15.2. The van der Waals surface area contributed by atoms with E-state index in [1.54, 1.807) is 43.5 Å². The van der Waals surface area contributed by atoms with Crippen LogP contribution in [0.5, 0.6) is 5.75 Å². The Bertz CT molecular complexity index is 772. The number of hydrogen-bond acceptors (Lipinski definition) is 4. The Hall–Kier alpha value is -2.44. The SMILES string of the molecule is COc1cccc(C(C(=O)O)N2CCC(C(O)c3ccc(F)cc3)CC2)c1. The molecule has 2 atom stereocenters. The van der Waals surface area contributed by atoms with Crippen LogP contribution in [0.1, 0.15) is 36.1 Å². The topological polar surface area (TPSA) is 70.0 Å². The Balaban J connectivity index is 1.69. The number of aliphatic carboxylic acids is 1. The molecule has 2 aromatic carbocycles. The number of halogens is 1. The number of nitrogens with zero attached hydrogens (tertiary/aromatic N) is 1. The van der Waals surface area contributed by atoms with Crippen molar-refractivity contribution < 1.29 is 24.1 Å². The number of likely N-dealkylation sites (tertiary alicyclic amines) is 1. The number of carboxylic acids is 1. The molecule has 1 fully saturated rings. The van der Waals surface area contributed by atoms with E-state index < -0.39 is 18.1 Å². The van der Waals surface area contributed by atoms with Crippen LogP contribution in [0.25, 0.3) is 0 Å². The summed E-state index contributed by atoms with van der Waals surface area (Å²) < 4.78 is 18.3. The van der Waals surface area contributed by atoms with Gasteiger partial charge in [-0.15, -0.1) is 0 Å². The van der Waals surface area contributed by atoms with Crippen molar-refractivity contribution in [2.24, 2.45) is 5.92 Å². The number of hydrogen-bond donors (Lipinski definition) is 2. The molecule has 0 bridgehead atoms. The molecule has 0 aromatic heterocycles. The van der Waals surface area contributed by atoms with Crippen molar-refractivity contribution in [2.75, 3.05) is 20.2 Å². The van der Waals surface area contributed by atoms with Crippen LogP contribution in [0.3, 0.4) is 0 Å². The summed E-state index contributed by atoms with van der Waals surface area (Å²) >= 11 is 0. The molecule has 2 aromatic rings. The lowest BCUT2D eigenvalue weighted by atomic mass is 9.86. The van der Waals surface area contributed by atoms with Crippen molar-refractivity contribution in [1.29, 1.82) is 0 Å². The van der Waals surface area contributed by atoms with Crippen LogP contribution in [0.15, 0.2) is 48.5 Å². The molecule has 6 heteroatoms. The van der Waals surface area contributed by atoms with E-state index in [9.17, 15) is 19.4 Å². The van der Waals surface area contributed by atoms with Gasteiger partial charge < -0.3 is 14.9 Å². The lowest BCUT2D eigenvalue weighted by molar-refractivity contribution is -0.144. The average molecular weight is 373 g/mol. The first-order valence-corrected chi connectivity index (χ1v) is 9.04. The van der Waals surface area contributed by atoms with E-state index >= 15 is 0 Å². The number of piperidine rings is 1. The fourth-order valence-electron chi connectivity index (χ4n) is 3.75. The van der Waals surface area contributed by atoms with Gasteiger partial charge in [-0.3, -0.25) is 9.69 Å². The Kier molecular flexibility index (Phi) is 6.08. The first-order chi connectivity index (χ1) is 13.0. The van der Waals surface area contributed by atoms with Crippen LogP contribution < -0.4 is 4.74 Å². The summed E-state index contributed by atoms with van der Waals surface area (Å²) in [7, 11) is 1.55. The highest BCUT2D eigenvalue weighted by Gasteiger charge is 2.33. The van der Waals surface area contributed by atoms with Gasteiger partial charge in [-0.1, -0.05) is 24.3 Å². The fourth-order valence-corrected chi connectivity index (χ4v) is 3.75. The van der Waals surface area contributed by atoms with Gasteiger partial charge in [-0.25, -0.2) is 4.39 Å². The molecule has 3 rings (SSSR count). The third kappa shape index (κ3) is 4.46. The van der Waals surface area contributed by atoms with Gasteiger partial charge in [-0.2, -0.15) is 0 Å². The van der Waals surface area contributed by atoms with E-state index in [4.69, 9.17) is 4.74 Å². The summed E-state index contributed by atoms with van der Waals surface area (Å²) in [5, 5.41) is 20.3. The Morgan fingerprint density at radius 1 is 1.15 bits per heavy atom. The van der Waals surface area contributed by atoms with E-state index in [1.807, 2.05) is 4.90 Å². The minimum Gasteiger partial charge on any atom is -0.497 e. The van der Waals surface area contributed by atoms with Gasteiger partial charge >= 0.3 is 5.97 Å². The summed E-state index contributed by atoms with van der Waals surface area (Å²) in [4.78, 5) is 13.8. The highest BCUT2D eigenvalue weighted by atomic mass is 19.1. The summed E-state index contributed by atoms with van der Waals surface area (Å²) in [6.07, 6.45) is 0.673. The molecular formula is C21H24FNO4. The van der Waals surface area contributed by atoms with Crippen molar-refractivity contribution in [3.63, 3.8) is 0 Å². The molecule has 2 unspecified atom stereocenters. The first kappa shape index (κ1) is 19.3. The molecule has 2 N–H and O–H groups in total. The molecule has 0 spiro atoms.